The van der Waals surface area contributed by atoms with Crippen molar-refractivity contribution in [2.75, 3.05) is 31.6 Å². The zero-order chi connectivity index (χ0) is 9.68. The highest BCUT2D eigenvalue weighted by atomic mass is 32.2. The Morgan fingerprint density at radius 2 is 2.15 bits per heavy atom. The summed E-state index contributed by atoms with van der Waals surface area (Å²) < 4.78 is 0. The lowest BCUT2D eigenvalue weighted by Gasteiger charge is -2.14. The average molecular weight is 202 g/mol. The number of hydrogen-bond acceptors (Lipinski definition) is 3. The van der Waals surface area contributed by atoms with Gasteiger partial charge in [-0.3, -0.25) is 0 Å². The number of hydrogen-bond donors (Lipinski definition) is 1. The molecule has 0 amide bonds. The second-order valence-electron chi connectivity index (χ2n) is 4.10. The maximum Gasteiger partial charge on any atom is 0.0206 e. The number of rotatable bonds is 5. The highest BCUT2D eigenvalue weighted by molar-refractivity contribution is 7.98. The van der Waals surface area contributed by atoms with Gasteiger partial charge in [-0.2, -0.15) is 11.8 Å². The fourth-order valence-corrected chi connectivity index (χ4v) is 2.35. The van der Waals surface area contributed by atoms with E-state index in [0.29, 0.717) is 12.0 Å². The summed E-state index contributed by atoms with van der Waals surface area (Å²) >= 11 is 1.94. The van der Waals surface area contributed by atoms with Gasteiger partial charge in [-0.25, -0.2) is 0 Å². The fraction of sp³-hybridized carbons (Fsp3) is 1.00. The lowest BCUT2D eigenvalue weighted by Crippen LogP contribution is -2.28. The molecule has 2 unspecified atom stereocenters. The minimum atomic E-state index is 0.417. The highest BCUT2D eigenvalue weighted by Gasteiger charge is 2.25. The number of thioether (sulfide) groups is 1. The zero-order valence-electron chi connectivity index (χ0n) is 8.83. The van der Waals surface area contributed by atoms with Gasteiger partial charge in [-0.1, -0.05) is 6.92 Å². The molecular formula is C10H22N2S. The van der Waals surface area contributed by atoms with Crippen LogP contribution in [0.25, 0.3) is 0 Å². The van der Waals surface area contributed by atoms with Crippen LogP contribution in [0.3, 0.4) is 0 Å². The normalized spacial score (nSPS) is 29.8. The van der Waals surface area contributed by atoms with Crippen molar-refractivity contribution in [1.29, 1.82) is 0 Å². The Morgan fingerprint density at radius 1 is 1.38 bits per heavy atom. The van der Waals surface area contributed by atoms with Gasteiger partial charge in [0.25, 0.3) is 0 Å². The molecule has 0 aromatic carbocycles. The predicted octanol–water partition coefficient (Wildman–Crippen LogP) is 1.41. The van der Waals surface area contributed by atoms with Crippen LogP contribution in [0.1, 0.15) is 19.8 Å². The van der Waals surface area contributed by atoms with Gasteiger partial charge in [0.15, 0.2) is 0 Å². The number of nitrogens with two attached hydrogens (primary N) is 1. The molecule has 0 aliphatic carbocycles. The molecule has 0 bridgehead atoms. The first kappa shape index (κ1) is 11.3. The van der Waals surface area contributed by atoms with E-state index in [1.54, 1.807) is 0 Å². The molecule has 1 fully saturated rings. The molecule has 0 saturated carbocycles. The van der Waals surface area contributed by atoms with Crippen molar-refractivity contribution in [2.45, 2.75) is 25.8 Å². The molecule has 0 aromatic rings. The standard InChI is InChI=1S/C10H22N2S/c1-9-7-12(8-10(9)11)5-3-4-6-13-2/h9-10H,3-8,11H2,1-2H3. The van der Waals surface area contributed by atoms with E-state index in [1.807, 2.05) is 11.8 Å². The van der Waals surface area contributed by atoms with E-state index in [1.165, 1.54) is 31.7 Å². The quantitative estimate of drug-likeness (QED) is 0.684. The van der Waals surface area contributed by atoms with Crippen LogP contribution in [0.4, 0.5) is 0 Å². The largest absolute Gasteiger partial charge is 0.326 e. The van der Waals surface area contributed by atoms with Crippen LogP contribution in [0, 0.1) is 5.92 Å². The molecule has 2 atom stereocenters. The van der Waals surface area contributed by atoms with Crippen LogP contribution in [-0.2, 0) is 0 Å². The summed E-state index contributed by atoms with van der Waals surface area (Å²) in [7, 11) is 0. The first-order valence-electron chi connectivity index (χ1n) is 5.21. The summed E-state index contributed by atoms with van der Waals surface area (Å²) in [5.41, 5.74) is 5.95. The molecule has 1 rings (SSSR count). The van der Waals surface area contributed by atoms with Gasteiger partial charge in [-0.15, -0.1) is 0 Å². The number of unbranched alkanes of at least 4 members (excludes halogenated alkanes) is 1. The van der Waals surface area contributed by atoms with Crippen molar-refractivity contribution in [1.82, 2.24) is 4.90 Å². The van der Waals surface area contributed by atoms with Gasteiger partial charge < -0.3 is 10.6 Å². The van der Waals surface area contributed by atoms with Gasteiger partial charge in [0, 0.05) is 19.1 Å². The highest BCUT2D eigenvalue weighted by Crippen LogP contribution is 2.14. The zero-order valence-corrected chi connectivity index (χ0v) is 9.65. The van der Waals surface area contributed by atoms with Crippen LogP contribution in [0.2, 0.25) is 0 Å². The monoisotopic (exact) mass is 202 g/mol. The Kier molecular flexibility index (Phi) is 5.14. The summed E-state index contributed by atoms with van der Waals surface area (Å²) in [6, 6.07) is 0.417. The molecule has 2 N–H and O–H groups in total. The van der Waals surface area contributed by atoms with E-state index in [9.17, 15) is 0 Å². The van der Waals surface area contributed by atoms with Gasteiger partial charge in [0.1, 0.15) is 0 Å². The van der Waals surface area contributed by atoms with Crippen molar-refractivity contribution in [3.63, 3.8) is 0 Å². The lowest BCUT2D eigenvalue weighted by atomic mass is 10.1. The molecule has 1 aliphatic rings. The van der Waals surface area contributed by atoms with Gasteiger partial charge in [0.05, 0.1) is 0 Å². The van der Waals surface area contributed by atoms with Crippen LogP contribution < -0.4 is 5.73 Å². The SMILES string of the molecule is CSCCCCN1CC(C)C(N)C1. The summed E-state index contributed by atoms with van der Waals surface area (Å²) in [5.74, 6) is 2.00. The van der Waals surface area contributed by atoms with E-state index in [2.05, 4.69) is 18.1 Å². The summed E-state index contributed by atoms with van der Waals surface area (Å²) in [6.45, 7) is 5.83. The second kappa shape index (κ2) is 5.89. The van der Waals surface area contributed by atoms with E-state index >= 15 is 0 Å². The van der Waals surface area contributed by atoms with E-state index in [4.69, 9.17) is 5.73 Å². The van der Waals surface area contributed by atoms with Crippen LogP contribution in [0.15, 0.2) is 0 Å². The molecule has 1 heterocycles. The summed E-state index contributed by atoms with van der Waals surface area (Å²) in [4.78, 5) is 2.51. The fourth-order valence-electron chi connectivity index (χ4n) is 1.86. The van der Waals surface area contributed by atoms with Crippen molar-refractivity contribution >= 4 is 11.8 Å². The van der Waals surface area contributed by atoms with Crippen LogP contribution >= 0.6 is 11.8 Å². The maximum atomic E-state index is 5.95. The molecule has 0 aromatic heterocycles. The Morgan fingerprint density at radius 3 is 2.69 bits per heavy atom. The lowest BCUT2D eigenvalue weighted by molar-refractivity contribution is 0.321. The first-order valence-corrected chi connectivity index (χ1v) is 6.60. The molecule has 1 aliphatic heterocycles. The third-order valence-corrected chi connectivity index (χ3v) is 3.52. The van der Waals surface area contributed by atoms with Crippen molar-refractivity contribution < 1.29 is 0 Å². The molecule has 78 valence electrons. The third-order valence-electron chi connectivity index (χ3n) is 2.82. The minimum Gasteiger partial charge on any atom is -0.326 e. The molecule has 0 radical (unpaired) electrons. The average Bonchev–Trinajstić information content (AvgIpc) is 2.41. The maximum absolute atomic E-state index is 5.95. The Balaban J connectivity index is 2.03. The van der Waals surface area contributed by atoms with Gasteiger partial charge in [0.2, 0.25) is 0 Å². The van der Waals surface area contributed by atoms with Crippen molar-refractivity contribution in [2.24, 2.45) is 11.7 Å². The predicted molar refractivity (Wildman–Crippen MR) is 61.2 cm³/mol. The first-order chi connectivity index (χ1) is 6.24. The number of likely N-dealkylation sites (tertiary alicyclic amines) is 1. The molecule has 2 nitrogen and oxygen atoms in total. The van der Waals surface area contributed by atoms with Gasteiger partial charge >= 0.3 is 0 Å². The Bertz CT molecular complexity index is 131. The van der Waals surface area contributed by atoms with Gasteiger partial charge in [-0.05, 0) is 37.3 Å². The van der Waals surface area contributed by atoms with E-state index in [0.717, 1.165) is 6.54 Å². The molecule has 0 spiro atoms. The number of nitrogens with zero attached hydrogens (tertiary/aromatic N) is 1. The van der Waals surface area contributed by atoms with E-state index in [-0.39, 0.29) is 0 Å². The van der Waals surface area contributed by atoms with Crippen LogP contribution in [-0.4, -0.2) is 42.6 Å². The van der Waals surface area contributed by atoms with Crippen molar-refractivity contribution in [3.8, 4) is 0 Å². The smallest absolute Gasteiger partial charge is 0.0206 e. The summed E-state index contributed by atoms with van der Waals surface area (Å²) in [5, 5.41) is 0. The molecular weight excluding hydrogens is 180 g/mol. The third kappa shape index (κ3) is 3.88. The molecule has 1 saturated heterocycles. The minimum absolute atomic E-state index is 0.417. The topological polar surface area (TPSA) is 29.3 Å². The Labute approximate surface area is 86.2 Å². The summed E-state index contributed by atoms with van der Waals surface area (Å²) in [6.07, 6.45) is 4.86. The second-order valence-corrected chi connectivity index (χ2v) is 5.09. The molecule has 3 heteroatoms. The Hall–Kier alpha value is 0.270. The van der Waals surface area contributed by atoms with E-state index < -0.39 is 0 Å². The van der Waals surface area contributed by atoms with Crippen LogP contribution in [0.5, 0.6) is 0 Å². The van der Waals surface area contributed by atoms with Crippen molar-refractivity contribution in [3.05, 3.63) is 0 Å². The molecule has 13 heavy (non-hydrogen) atoms.